The van der Waals surface area contributed by atoms with E-state index in [0.29, 0.717) is 17.2 Å². The van der Waals surface area contributed by atoms with Gasteiger partial charge in [-0.05, 0) is 38.0 Å². The quantitative estimate of drug-likeness (QED) is 0.872. The van der Waals surface area contributed by atoms with E-state index in [-0.39, 0.29) is 0 Å². The first-order chi connectivity index (χ1) is 9.07. The number of anilines is 2. The highest BCUT2D eigenvalue weighted by atomic mass is 15.1. The topological polar surface area (TPSA) is 63.8 Å². The highest BCUT2D eigenvalue weighted by molar-refractivity contribution is 5.55. The smallest absolute Gasteiger partial charge is 0.136 e. The third kappa shape index (κ3) is 2.67. The summed E-state index contributed by atoms with van der Waals surface area (Å²) < 4.78 is 0. The third-order valence-corrected chi connectivity index (χ3v) is 4.64. The molecule has 1 aromatic rings. The van der Waals surface area contributed by atoms with Gasteiger partial charge in [-0.25, -0.2) is 9.97 Å². The minimum Gasteiger partial charge on any atom is -0.383 e. The molecular weight excluding hydrogens is 236 g/mol. The summed E-state index contributed by atoms with van der Waals surface area (Å²) in [6.07, 6.45) is 7.76. The molecule has 0 bridgehead atoms. The summed E-state index contributed by atoms with van der Waals surface area (Å²) >= 11 is 0. The van der Waals surface area contributed by atoms with E-state index in [1.165, 1.54) is 38.5 Å². The summed E-state index contributed by atoms with van der Waals surface area (Å²) in [4.78, 5) is 9.10. The molecule has 4 heteroatoms. The number of nitrogens with one attached hydrogen (secondary N) is 1. The van der Waals surface area contributed by atoms with Crippen LogP contribution in [-0.2, 0) is 0 Å². The first kappa shape index (κ1) is 12.7. The van der Waals surface area contributed by atoms with E-state index in [1.807, 2.05) is 6.92 Å². The predicted molar refractivity (Wildman–Crippen MR) is 78.2 cm³/mol. The molecule has 0 saturated heterocycles. The molecule has 2 fully saturated rings. The zero-order valence-electron chi connectivity index (χ0n) is 12.0. The molecular formula is C15H24N4. The lowest BCUT2D eigenvalue weighted by molar-refractivity contribution is 0.361. The van der Waals surface area contributed by atoms with Gasteiger partial charge in [-0.1, -0.05) is 19.8 Å². The second kappa shape index (κ2) is 4.66. The average molecular weight is 260 g/mol. The van der Waals surface area contributed by atoms with Crippen molar-refractivity contribution in [3.8, 4) is 0 Å². The van der Waals surface area contributed by atoms with Crippen LogP contribution in [0.1, 0.15) is 62.8 Å². The van der Waals surface area contributed by atoms with Crippen LogP contribution in [0.3, 0.4) is 0 Å². The van der Waals surface area contributed by atoms with E-state index in [1.54, 1.807) is 0 Å². The standard InChI is InChI=1S/C15H24N4/c1-10-12(16)18-14(11-5-6-11)19-13(10)17-9-15(2)7-3-4-8-15/h11H,3-9H2,1-2H3,(H3,16,17,18,19). The Bertz CT molecular complexity index is 473. The molecule has 0 unspecified atom stereocenters. The van der Waals surface area contributed by atoms with Gasteiger partial charge >= 0.3 is 0 Å². The molecule has 3 N–H and O–H groups in total. The molecule has 3 rings (SSSR count). The monoisotopic (exact) mass is 260 g/mol. The number of rotatable bonds is 4. The largest absolute Gasteiger partial charge is 0.383 e. The van der Waals surface area contributed by atoms with Gasteiger partial charge in [0.25, 0.3) is 0 Å². The fourth-order valence-corrected chi connectivity index (χ4v) is 2.95. The molecule has 0 spiro atoms. The van der Waals surface area contributed by atoms with Gasteiger partial charge in [0, 0.05) is 18.0 Å². The Morgan fingerprint density at radius 3 is 2.58 bits per heavy atom. The molecule has 1 aromatic heterocycles. The van der Waals surface area contributed by atoms with E-state index in [0.717, 1.165) is 23.8 Å². The SMILES string of the molecule is Cc1c(N)nc(C2CC2)nc1NCC1(C)CCCC1. The molecule has 4 nitrogen and oxygen atoms in total. The van der Waals surface area contributed by atoms with Crippen LogP contribution in [0.4, 0.5) is 11.6 Å². The van der Waals surface area contributed by atoms with Gasteiger partial charge in [0.2, 0.25) is 0 Å². The molecule has 0 atom stereocenters. The summed E-state index contributed by atoms with van der Waals surface area (Å²) in [7, 11) is 0. The number of aromatic nitrogens is 2. The summed E-state index contributed by atoms with van der Waals surface area (Å²) in [6.45, 7) is 5.37. The molecule has 2 saturated carbocycles. The number of hydrogen-bond acceptors (Lipinski definition) is 4. The molecule has 19 heavy (non-hydrogen) atoms. The summed E-state index contributed by atoms with van der Waals surface area (Å²) in [5.41, 5.74) is 7.43. The van der Waals surface area contributed by atoms with E-state index < -0.39 is 0 Å². The molecule has 0 radical (unpaired) electrons. The van der Waals surface area contributed by atoms with E-state index >= 15 is 0 Å². The summed E-state index contributed by atoms with van der Waals surface area (Å²) in [6, 6.07) is 0. The van der Waals surface area contributed by atoms with Crippen LogP contribution < -0.4 is 11.1 Å². The van der Waals surface area contributed by atoms with Gasteiger partial charge in [-0.3, -0.25) is 0 Å². The zero-order chi connectivity index (χ0) is 13.5. The Morgan fingerprint density at radius 1 is 1.26 bits per heavy atom. The van der Waals surface area contributed by atoms with Gasteiger partial charge in [-0.15, -0.1) is 0 Å². The maximum Gasteiger partial charge on any atom is 0.136 e. The summed E-state index contributed by atoms with van der Waals surface area (Å²) in [5, 5.41) is 3.53. The minimum atomic E-state index is 0.423. The van der Waals surface area contributed by atoms with Crippen LogP contribution in [0.15, 0.2) is 0 Å². The minimum absolute atomic E-state index is 0.423. The highest BCUT2D eigenvalue weighted by Gasteiger charge is 2.30. The van der Waals surface area contributed by atoms with E-state index in [4.69, 9.17) is 5.73 Å². The Balaban J connectivity index is 1.75. The van der Waals surface area contributed by atoms with Crippen molar-refractivity contribution in [2.45, 2.75) is 58.3 Å². The first-order valence-corrected chi connectivity index (χ1v) is 7.45. The van der Waals surface area contributed by atoms with Crippen LogP contribution >= 0.6 is 0 Å². The van der Waals surface area contributed by atoms with E-state index in [2.05, 4.69) is 22.2 Å². The van der Waals surface area contributed by atoms with Crippen LogP contribution in [0.2, 0.25) is 0 Å². The summed E-state index contributed by atoms with van der Waals surface area (Å²) in [5.74, 6) is 3.06. The van der Waals surface area contributed by atoms with Gasteiger partial charge in [0.1, 0.15) is 17.5 Å². The fourth-order valence-electron chi connectivity index (χ4n) is 2.95. The number of hydrogen-bond donors (Lipinski definition) is 2. The van der Waals surface area contributed by atoms with Crippen molar-refractivity contribution >= 4 is 11.6 Å². The van der Waals surface area contributed by atoms with Crippen molar-refractivity contribution in [3.63, 3.8) is 0 Å². The van der Waals surface area contributed by atoms with Gasteiger partial charge < -0.3 is 11.1 Å². The van der Waals surface area contributed by atoms with Crippen LogP contribution in [0.25, 0.3) is 0 Å². The van der Waals surface area contributed by atoms with Crippen LogP contribution in [0.5, 0.6) is 0 Å². The molecule has 2 aliphatic rings. The first-order valence-electron chi connectivity index (χ1n) is 7.45. The number of nitrogen functional groups attached to an aromatic ring is 1. The van der Waals surface area contributed by atoms with Gasteiger partial charge in [-0.2, -0.15) is 0 Å². The maximum absolute atomic E-state index is 6.01. The Hall–Kier alpha value is -1.32. The second-order valence-corrected chi connectivity index (χ2v) is 6.59. The maximum atomic E-state index is 6.01. The van der Waals surface area contributed by atoms with Crippen LogP contribution in [0, 0.1) is 12.3 Å². The third-order valence-electron chi connectivity index (χ3n) is 4.64. The normalized spacial score (nSPS) is 21.6. The Labute approximate surface area is 115 Å². The lowest BCUT2D eigenvalue weighted by Crippen LogP contribution is -2.24. The molecule has 104 valence electrons. The van der Waals surface area contributed by atoms with E-state index in [9.17, 15) is 0 Å². The lowest BCUT2D eigenvalue weighted by atomic mass is 9.89. The zero-order valence-corrected chi connectivity index (χ0v) is 12.0. The predicted octanol–water partition coefficient (Wildman–Crippen LogP) is 3.24. The van der Waals surface area contributed by atoms with Gasteiger partial charge in [0.15, 0.2) is 0 Å². The van der Waals surface area contributed by atoms with Crippen molar-refractivity contribution in [2.75, 3.05) is 17.6 Å². The van der Waals surface area contributed by atoms with Crippen LogP contribution in [-0.4, -0.2) is 16.5 Å². The Kier molecular flexibility index (Phi) is 3.11. The molecule has 0 aliphatic heterocycles. The molecule has 0 amide bonds. The Morgan fingerprint density at radius 2 is 1.95 bits per heavy atom. The van der Waals surface area contributed by atoms with Crippen molar-refractivity contribution in [2.24, 2.45) is 5.41 Å². The number of nitrogens with zero attached hydrogens (tertiary/aromatic N) is 2. The lowest BCUT2D eigenvalue weighted by Gasteiger charge is -2.24. The van der Waals surface area contributed by atoms with Gasteiger partial charge in [0.05, 0.1) is 0 Å². The molecule has 2 aliphatic carbocycles. The van der Waals surface area contributed by atoms with Crippen molar-refractivity contribution < 1.29 is 0 Å². The fraction of sp³-hybridized carbons (Fsp3) is 0.733. The second-order valence-electron chi connectivity index (χ2n) is 6.59. The molecule has 1 heterocycles. The number of nitrogens with two attached hydrogens (primary N) is 1. The van der Waals surface area contributed by atoms with Crippen molar-refractivity contribution in [3.05, 3.63) is 11.4 Å². The highest BCUT2D eigenvalue weighted by Crippen LogP contribution is 2.40. The molecule has 0 aromatic carbocycles. The van der Waals surface area contributed by atoms with Crippen molar-refractivity contribution in [1.82, 2.24) is 9.97 Å². The van der Waals surface area contributed by atoms with Crippen molar-refractivity contribution in [1.29, 1.82) is 0 Å². The average Bonchev–Trinajstić information content (AvgIpc) is 3.14.